The van der Waals surface area contributed by atoms with Gasteiger partial charge in [-0.05, 0) is 64.6 Å². The molecule has 6 rings (SSSR count). The van der Waals surface area contributed by atoms with E-state index in [1.807, 2.05) is 18.2 Å². The SMILES string of the molecule is CN1C[C@@H](Nc2cnn(C)c(=O)c2Br)C[C@@H](c2ccc(CN3CCN(c4cccc(N5CCC(=O)NC5=O)c4)CC3)cc2)C1. The van der Waals surface area contributed by atoms with Crippen LogP contribution in [0.2, 0.25) is 0 Å². The highest BCUT2D eigenvalue weighted by atomic mass is 79.9. The molecule has 0 aliphatic carbocycles. The molecule has 0 bridgehead atoms. The van der Waals surface area contributed by atoms with Crippen LogP contribution in [0.25, 0.3) is 0 Å². The number of halogens is 1. The van der Waals surface area contributed by atoms with Crippen LogP contribution in [-0.2, 0) is 18.4 Å². The number of likely N-dealkylation sites (tertiary alicyclic amines) is 1. The summed E-state index contributed by atoms with van der Waals surface area (Å²) in [7, 11) is 3.80. The summed E-state index contributed by atoms with van der Waals surface area (Å²) in [4.78, 5) is 45.0. The highest BCUT2D eigenvalue weighted by Crippen LogP contribution is 2.30. The minimum atomic E-state index is -0.354. The first-order chi connectivity index (χ1) is 21.2. The molecule has 0 radical (unpaired) electrons. The molecule has 2 aromatic carbocycles. The molecule has 3 fully saturated rings. The van der Waals surface area contributed by atoms with Gasteiger partial charge in [-0.25, -0.2) is 9.48 Å². The first kappa shape index (κ1) is 30.3. The van der Waals surface area contributed by atoms with Crippen molar-refractivity contribution in [3.8, 4) is 0 Å². The molecule has 11 nitrogen and oxygen atoms in total. The largest absolute Gasteiger partial charge is 0.379 e. The van der Waals surface area contributed by atoms with Crippen LogP contribution in [0.5, 0.6) is 0 Å². The number of anilines is 3. The molecule has 3 aliphatic rings. The van der Waals surface area contributed by atoms with Gasteiger partial charge >= 0.3 is 6.03 Å². The molecule has 2 N–H and O–H groups in total. The van der Waals surface area contributed by atoms with Gasteiger partial charge in [-0.3, -0.25) is 24.7 Å². The summed E-state index contributed by atoms with van der Waals surface area (Å²) in [5, 5.41) is 10.1. The van der Waals surface area contributed by atoms with E-state index < -0.39 is 0 Å². The zero-order valence-corrected chi connectivity index (χ0v) is 26.8. The maximum atomic E-state index is 12.3. The third-order valence-electron chi connectivity index (χ3n) is 8.86. The van der Waals surface area contributed by atoms with Gasteiger partial charge in [0.2, 0.25) is 5.91 Å². The van der Waals surface area contributed by atoms with Crippen LogP contribution in [-0.4, -0.2) is 90.4 Å². The van der Waals surface area contributed by atoms with E-state index >= 15 is 0 Å². The monoisotopic (exact) mass is 662 g/mol. The summed E-state index contributed by atoms with van der Waals surface area (Å²) in [5.74, 6) is 0.176. The van der Waals surface area contributed by atoms with Crippen LogP contribution >= 0.6 is 15.9 Å². The summed E-state index contributed by atoms with van der Waals surface area (Å²) >= 11 is 3.44. The number of carbonyl (C=O) groups is 2. The van der Waals surface area contributed by atoms with Crippen molar-refractivity contribution in [2.24, 2.45) is 7.05 Å². The predicted molar refractivity (Wildman–Crippen MR) is 175 cm³/mol. The van der Waals surface area contributed by atoms with Gasteiger partial charge in [-0.15, -0.1) is 0 Å². The molecule has 3 aromatic rings. The molecular weight excluding hydrogens is 624 g/mol. The number of rotatable bonds is 7. The van der Waals surface area contributed by atoms with Gasteiger partial charge in [-0.1, -0.05) is 30.3 Å². The smallest absolute Gasteiger partial charge is 0.328 e. The number of nitrogens with one attached hydrogen (secondary N) is 2. The Hall–Kier alpha value is -3.74. The molecule has 4 heterocycles. The number of aromatic nitrogens is 2. The van der Waals surface area contributed by atoms with Crippen LogP contribution in [0.15, 0.2) is 64.0 Å². The fraction of sp³-hybridized carbons (Fsp3) is 0.438. The Bertz CT molecular complexity index is 1570. The van der Waals surface area contributed by atoms with Crippen LogP contribution < -0.4 is 26.0 Å². The first-order valence-electron chi connectivity index (χ1n) is 15.2. The van der Waals surface area contributed by atoms with E-state index in [0.717, 1.165) is 69.3 Å². The van der Waals surface area contributed by atoms with E-state index in [1.54, 1.807) is 18.1 Å². The topological polar surface area (TPSA) is 106 Å². The number of amides is 3. The van der Waals surface area contributed by atoms with Crippen molar-refractivity contribution in [1.29, 1.82) is 0 Å². The predicted octanol–water partition coefficient (Wildman–Crippen LogP) is 3.21. The van der Waals surface area contributed by atoms with Gasteiger partial charge in [0.15, 0.2) is 0 Å². The maximum Gasteiger partial charge on any atom is 0.328 e. The number of benzene rings is 2. The van der Waals surface area contributed by atoms with Gasteiger partial charge in [0.1, 0.15) is 4.47 Å². The van der Waals surface area contributed by atoms with Crippen LogP contribution in [0.4, 0.5) is 21.9 Å². The summed E-state index contributed by atoms with van der Waals surface area (Å²) in [6, 6.07) is 17.0. The van der Waals surface area contributed by atoms with E-state index in [1.165, 1.54) is 15.8 Å². The lowest BCUT2D eigenvalue weighted by atomic mass is 9.87. The highest BCUT2D eigenvalue weighted by molar-refractivity contribution is 9.10. The zero-order chi connectivity index (χ0) is 30.8. The van der Waals surface area contributed by atoms with Crippen molar-refractivity contribution in [2.75, 3.05) is 68.0 Å². The van der Waals surface area contributed by atoms with Crippen LogP contribution in [0.3, 0.4) is 0 Å². The molecule has 3 amide bonds. The van der Waals surface area contributed by atoms with Gasteiger partial charge in [0, 0.05) is 83.2 Å². The van der Waals surface area contributed by atoms with Gasteiger partial charge in [-0.2, -0.15) is 5.10 Å². The lowest BCUT2D eigenvalue weighted by Gasteiger charge is -2.37. The molecule has 44 heavy (non-hydrogen) atoms. The normalized spacial score (nSPS) is 21.8. The molecule has 2 atom stereocenters. The maximum absolute atomic E-state index is 12.3. The average molecular weight is 664 g/mol. The van der Waals surface area contributed by atoms with Crippen molar-refractivity contribution < 1.29 is 9.59 Å². The second kappa shape index (κ2) is 13.1. The third kappa shape index (κ3) is 6.82. The number of hydrogen-bond acceptors (Lipinski definition) is 8. The number of hydrogen-bond donors (Lipinski definition) is 2. The molecule has 0 unspecified atom stereocenters. The number of imide groups is 1. The van der Waals surface area contributed by atoms with E-state index in [2.05, 4.69) is 83.7 Å². The molecule has 232 valence electrons. The minimum Gasteiger partial charge on any atom is -0.379 e. The lowest BCUT2D eigenvalue weighted by molar-refractivity contribution is -0.120. The average Bonchev–Trinajstić information content (AvgIpc) is 3.02. The Labute approximate surface area is 265 Å². The molecule has 0 saturated carbocycles. The Balaban J connectivity index is 1.02. The van der Waals surface area contributed by atoms with Crippen LogP contribution in [0, 0.1) is 0 Å². The summed E-state index contributed by atoms with van der Waals surface area (Å²) < 4.78 is 1.85. The van der Waals surface area contributed by atoms with Gasteiger partial charge in [0.25, 0.3) is 5.56 Å². The number of piperazine rings is 1. The lowest BCUT2D eigenvalue weighted by Crippen LogP contribution is -2.49. The van der Waals surface area contributed by atoms with Crippen molar-refractivity contribution in [1.82, 2.24) is 24.9 Å². The molecular formula is C32H39BrN8O3. The Morgan fingerprint density at radius 1 is 0.955 bits per heavy atom. The van der Waals surface area contributed by atoms with Gasteiger partial charge in [0.05, 0.1) is 11.9 Å². The van der Waals surface area contributed by atoms with Crippen LogP contribution in [0.1, 0.15) is 29.9 Å². The standard InChI is InChI=1S/C32H39BrN8O3/c1-37-20-24(16-25(21-37)35-28-18-34-38(2)31(43)30(28)33)23-8-6-22(7-9-23)19-39-12-14-40(15-13-39)26-4-3-5-27(17-26)41-11-10-29(42)36-32(41)44/h3-9,17-18,24-25,35H,10-16,19-21H2,1-2H3,(H,36,42,44)/t24-,25+/m1/s1. The number of piperidine rings is 1. The summed E-state index contributed by atoms with van der Waals surface area (Å²) in [6.07, 6.45) is 3.01. The van der Waals surface area contributed by atoms with E-state index in [0.29, 0.717) is 23.4 Å². The molecule has 12 heteroatoms. The first-order valence-corrected chi connectivity index (χ1v) is 16.0. The minimum absolute atomic E-state index is 0.148. The van der Waals surface area contributed by atoms with Crippen molar-refractivity contribution in [3.63, 3.8) is 0 Å². The summed E-state index contributed by atoms with van der Waals surface area (Å²) in [5.41, 5.74) is 5.15. The summed E-state index contributed by atoms with van der Waals surface area (Å²) in [6.45, 7) is 6.95. The quantitative estimate of drug-likeness (QED) is 0.398. The molecule has 0 spiro atoms. The fourth-order valence-corrected chi connectivity index (χ4v) is 6.96. The van der Waals surface area contributed by atoms with E-state index in [-0.39, 0.29) is 23.5 Å². The van der Waals surface area contributed by atoms with Crippen molar-refractivity contribution in [2.45, 2.75) is 31.3 Å². The third-order valence-corrected chi connectivity index (χ3v) is 9.63. The van der Waals surface area contributed by atoms with Crippen molar-refractivity contribution >= 4 is 44.9 Å². The molecule has 3 aliphatic heterocycles. The number of urea groups is 1. The second-order valence-corrected chi connectivity index (χ2v) is 12.9. The molecule has 1 aromatic heterocycles. The Morgan fingerprint density at radius 2 is 1.70 bits per heavy atom. The van der Waals surface area contributed by atoms with E-state index in [9.17, 15) is 14.4 Å². The van der Waals surface area contributed by atoms with Gasteiger partial charge < -0.3 is 15.1 Å². The number of likely N-dealkylation sites (N-methyl/N-ethyl adjacent to an activating group) is 1. The van der Waals surface area contributed by atoms with Crippen molar-refractivity contribution in [3.05, 3.63) is 80.7 Å². The molecule has 3 saturated heterocycles. The second-order valence-electron chi connectivity index (χ2n) is 12.1. The number of carbonyl (C=O) groups excluding carboxylic acids is 2. The number of nitrogens with zero attached hydrogens (tertiary/aromatic N) is 6. The zero-order valence-electron chi connectivity index (χ0n) is 25.2. The fourth-order valence-electron chi connectivity index (χ4n) is 6.48. The Kier molecular flexibility index (Phi) is 9.01. The highest BCUT2D eigenvalue weighted by Gasteiger charge is 2.28. The van der Waals surface area contributed by atoms with E-state index in [4.69, 9.17) is 0 Å². The Morgan fingerprint density at radius 3 is 2.45 bits per heavy atom. The number of aryl methyl sites for hydroxylation is 1.